The van der Waals surface area contributed by atoms with Crippen LogP contribution in [0.2, 0.25) is 0 Å². The Morgan fingerprint density at radius 3 is 2.63 bits per heavy atom. The molecule has 1 saturated heterocycles. The van der Waals surface area contributed by atoms with Crippen LogP contribution in [0.15, 0.2) is 0 Å². The predicted octanol–water partition coefficient (Wildman–Crippen LogP) is 2.09. The highest BCUT2D eigenvalue weighted by molar-refractivity contribution is 5.82. The van der Waals surface area contributed by atoms with Gasteiger partial charge in [-0.05, 0) is 52.6 Å². The van der Waals surface area contributed by atoms with Gasteiger partial charge in [-0.3, -0.25) is 4.79 Å². The van der Waals surface area contributed by atoms with Gasteiger partial charge >= 0.3 is 0 Å². The molecular weight excluding hydrogens is 240 g/mol. The molecule has 2 N–H and O–H groups in total. The van der Waals surface area contributed by atoms with Gasteiger partial charge in [0.2, 0.25) is 5.91 Å². The Kier molecular flexibility index (Phi) is 7.39. The van der Waals surface area contributed by atoms with Gasteiger partial charge in [-0.1, -0.05) is 13.3 Å². The fraction of sp³-hybridized carbons (Fsp3) is 0.933. The van der Waals surface area contributed by atoms with Gasteiger partial charge in [0.05, 0.1) is 11.5 Å². The molecule has 112 valence electrons. The molecule has 0 aromatic carbocycles. The minimum atomic E-state index is -0.126. The van der Waals surface area contributed by atoms with E-state index in [0.29, 0.717) is 0 Å². The summed E-state index contributed by atoms with van der Waals surface area (Å²) in [5, 5.41) is 6.45. The molecule has 4 nitrogen and oxygen atoms in total. The summed E-state index contributed by atoms with van der Waals surface area (Å²) >= 11 is 0. The van der Waals surface area contributed by atoms with E-state index in [1.54, 1.807) is 0 Å². The lowest BCUT2D eigenvalue weighted by molar-refractivity contribution is -0.133. The Balaban J connectivity index is 2.32. The largest absolute Gasteiger partial charge is 0.379 e. The zero-order valence-corrected chi connectivity index (χ0v) is 12.8. The number of hydrogen-bond donors (Lipinski definition) is 2. The van der Waals surface area contributed by atoms with Crippen LogP contribution in [0.1, 0.15) is 52.9 Å². The average molecular weight is 270 g/mol. The summed E-state index contributed by atoms with van der Waals surface area (Å²) in [5.74, 6) is 0.250. The number of carbonyl (C=O) groups excluding carboxylic acids is 1. The highest BCUT2D eigenvalue weighted by atomic mass is 16.5. The number of amides is 1. The summed E-state index contributed by atoms with van der Waals surface area (Å²) in [6, 6.07) is 0. The molecule has 1 aliphatic heterocycles. The van der Waals surface area contributed by atoms with E-state index in [1.165, 1.54) is 0 Å². The van der Waals surface area contributed by atoms with E-state index in [9.17, 15) is 4.79 Å². The second-order valence-electron chi connectivity index (χ2n) is 5.81. The molecule has 0 saturated carbocycles. The van der Waals surface area contributed by atoms with Crippen molar-refractivity contribution in [3.05, 3.63) is 0 Å². The Hall–Kier alpha value is -0.610. The van der Waals surface area contributed by atoms with E-state index in [0.717, 1.165) is 58.3 Å². The number of ether oxygens (including phenoxy) is 1. The van der Waals surface area contributed by atoms with Crippen molar-refractivity contribution in [3.63, 3.8) is 0 Å². The van der Waals surface area contributed by atoms with Gasteiger partial charge < -0.3 is 15.4 Å². The third-order valence-electron chi connectivity index (χ3n) is 3.83. The summed E-state index contributed by atoms with van der Waals surface area (Å²) in [5.41, 5.74) is -0.126. The van der Waals surface area contributed by atoms with Crippen LogP contribution >= 0.6 is 0 Å². The minimum absolute atomic E-state index is 0.126. The average Bonchev–Trinajstić information content (AvgIpc) is 2.39. The number of nitrogens with one attached hydrogen (secondary N) is 2. The first-order valence-corrected chi connectivity index (χ1v) is 7.71. The smallest absolute Gasteiger partial charge is 0.226 e. The first-order chi connectivity index (χ1) is 9.10. The fourth-order valence-electron chi connectivity index (χ4n) is 2.76. The van der Waals surface area contributed by atoms with E-state index in [2.05, 4.69) is 17.6 Å². The first-order valence-electron chi connectivity index (χ1n) is 7.71. The van der Waals surface area contributed by atoms with Crippen LogP contribution in [0.3, 0.4) is 0 Å². The van der Waals surface area contributed by atoms with Crippen molar-refractivity contribution >= 4 is 5.91 Å². The van der Waals surface area contributed by atoms with Crippen LogP contribution in [-0.4, -0.2) is 38.3 Å². The number of carbonyl (C=O) groups is 1. The summed E-state index contributed by atoms with van der Waals surface area (Å²) < 4.78 is 5.48. The first kappa shape index (κ1) is 16.4. The fourth-order valence-corrected chi connectivity index (χ4v) is 2.76. The molecule has 0 atom stereocenters. The zero-order valence-electron chi connectivity index (χ0n) is 12.8. The number of rotatable bonds is 8. The van der Waals surface area contributed by atoms with E-state index < -0.39 is 0 Å². The predicted molar refractivity (Wildman–Crippen MR) is 78.2 cm³/mol. The van der Waals surface area contributed by atoms with Gasteiger partial charge in [-0.2, -0.15) is 0 Å². The van der Waals surface area contributed by atoms with Gasteiger partial charge in [0.15, 0.2) is 0 Å². The third kappa shape index (κ3) is 5.49. The summed E-state index contributed by atoms with van der Waals surface area (Å²) in [7, 11) is 0. The topological polar surface area (TPSA) is 50.4 Å². The SMILES string of the molecule is CCCC1(C(=O)NCCCOC(C)C)CCNCC1. The summed E-state index contributed by atoms with van der Waals surface area (Å²) in [6.07, 6.45) is 5.17. The number of hydrogen-bond acceptors (Lipinski definition) is 3. The van der Waals surface area contributed by atoms with Crippen molar-refractivity contribution in [1.82, 2.24) is 10.6 Å². The van der Waals surface area contributed by atoms with Crippen molar-refractivity contribution in [3.8, 4) is 0 Å². The Morgan fingerprint density at radius 2 is 2.05 bits per heavy atom. The van der Waals surface area contributed by atoms with Gasteiger partial charge in [0.25, 0.3) is 0 Å². The molecule has 0 bridgehead atoms. The molecule has 1 heterocycles. The van der Waals surface area contributed by atoms with Crippen LogP contribution in [0, 0.1) is 5.41 Å². The molecule has 1 fully saturated rings. The highest BCUT2D eigenvalue weighted by Gasteiger charge is 2.38. The van der Waals surface area contributed by atoms with Crippen molar-refractivity contribution in [2.45, 2.75) is 59.0 Å². The van der Waals surface area contributed by atoms with Gasteiger partial charge in [0, 0.05) is 13.2 Å². The second kappa shape index (κ2) is 8.54. The lowest BCUT2D eigenvalue weighted by Gasteiger charge is -2.36. The molecule has 1 aliphatic rings. The van der Waals surface area contributed by atoms with E-state index in [-0.39, 0.29) is 17.4 Å². The lowest BCUT2D eigenvalue weighted by atomic mass is 9.74. The second-order valence-corrected chi connectivity index (χ2v) is 5.81. The molecule has 1 amide bonds. The maximum atomic E-state index is 12.4. The van der Waals surface area contributed by atoms with Crippen molar-refractivity contribution in [2.24, 2.45) is 5.41 Å². The molecule has 0 aromatic rings. The van der Waals surface area contributed by atoms with Crippen LogP contribution in [0.4, 0.5) is 0 Å². The number of piperidine rings is 1. The highest BCUT2D eigenvalue weighted by Crippen LogP contribution is 2.34. The van der Waals surface area contributed by atoms with Crippen molar-refractivity contribution in [1.29, 1.82) is 0 Å². The standard InChI is InChI=1S/C15H30N2O2/c1-4-6-15(7-10-16-11-8-15)14(18)17-9-5-12-19-13(2)3/h13,16H,4-12H2,1-3H3,(H,17,18). The molecule has 0 spiro atoms. The van der Waals surface area contributed by atoms with Crippen LogP contribution in [-0.2, 0) is 9.53 Å². The van der Waals surface area contributed by atoms with Crippen LogP contribution in [0.5, 0.6) is 0 Å². The van der Waals surface area contributed by atoms with Crippen molar-refractivity contribution < 1.29 is 9.53 Å². The van der Waals surface area contributed by atoms with Gasteiger partial charge in [-0.25, -0.2) is 0 Å². The molecule has 0 aromatic heterocycles. The summed E-state index contributed by atoms with van der Waals surface area (Å²) in [6.45, 7) is 9.60. The molecule has 19 heavy (non-hydrogen) atoms. The van der Waals surface area contributed by atoms with Crippen molar-refractivity contribution in [2.75, 3.05) is 26.2 Å². The summed E-state index contributed by atoms with van der Waals surface area (Å²) in [4.78, 5) is 12.4. The molecular formula is C15H30N2O2. The van der Waals surface area contributed by atoms with Gasteiger partial charge in [0.1, 0.15) is 0 Å². The van der Waals surface area contributed by atoms with E-state index in [1.807, 2.05) is 13.8 Å². The Labute approximate surface area is 117 Å². The monoisotopic (exact) mass is 270 g/mol. The third-order valence-corrected chi connectivity index (χ3v) is 3.83. The quantitative estimate of drug-likeness (QED) is 0.664. The maximum absolute atomic E-state index is 12.4. The van der Waals surface area contributed by atoms with Crippen LogP contribution in [0.25, 0.3) is 0 Å². The minimum Gasteiger partial charge on any atom is -0.379 e. The molecule has 4 heteroatoms. The zero-order chi connectivity index (χ0) is 14.1. The molecule has 0 radical (unpaired) electrons. The maximum Gasteiger partial charge on any atom is 0.226 e. The van der Waals surface area contributed by atoms with E-state index >= 15 is 0 Å². The molecule has 1 rings (SSSR count). The Bertz CT molecular complexity index is 255. The molecule has 0 unspecified atom stereocenters. The molecule has 0 aliphatic carbocycles. The van der Waals surface area contributed by atoms with Gasteiger partial charge in [-0.15, -0.1) is 0 Å². The lowest BCUT2D eigenvalue weighted by Crippen LogP contribution is -2.47. The normalized spacial score (nSPS) is 18.5. The van der Waals surface area contributed by atoms with E-state index in [4.69, 9.17) is 4.74 Å². The Morgan fingerprint density at radius 1 is 1.37 bits per heavy atom. The van der Waals surface area contributed by atoms with Crippen LogP contribution < -0.4 is 10.6 Å².